The van der Waals surface area contributed by atoms with Crippen molar-refractivity contribution >= 4 is 0 Å². The summed E-state index contributed by atoms with van der Waals surface area (Å²) in [5, 5.41) is 3.42. The topological polar surface area (TPSA) is 21.3 Å². The van der Waals surface area contributed by atoms with Crippen molar-refractivity contribution in [1.82, 2.24) is 5.32 Å². The minimum Gasteiger partial charge on any atom is -0.377 e. The average Bonchev–Trinajstić information content (AvgIpc) is 2.31. The van der Waals surface area contributed by atoms with Crippen LogP contribution in [0.1, 0.15) is 65.7 Å². The van der Waals surface area contributed by atoms with E-state index in [1.54, 1.807) is 0 Å². The Balaban J connectivity index is 3.26. The highest BCUT2D eigenvalue weighted by Gasteiger charge is 2.04. The smallest absolute Gasteiger partial charge is 0.0696 e. The first-order valence-electron chi connectivity index (χ1n) is 7.17. The predicted octanol–water partition coefficient (Wildman–Crippen LogP) is 3.75. The molecule has 0 aromatic carbocycles. The molecule has 2 nitrogen and oxygen atoms in total. The van der Waals surface area contributed by atoms with Gasteiger partial charge in [-0.15, -0.1) is 0 Å². The number of rotatable bonds is 12. The largest absolute Gasteiger partial charge is 0.377 e. The SMILES string of the molecule is CCCCCCCOC(CC)CNCCC. The zero-order chi connectivity index (χ0) is 12.1. The van der Waals surface area contributed by atoms with Gasteiger partial charge in [-0.3, -0.25) is 0 Å². The standard InChI is InChI=1S/C14H31NO/c1-4-7-8-9-10-12-16-14(6-3)13-15-11-5-2/h14-15H,4-13H2,1-3H3. The third kappa shape index (κ3) is 10.4. The van der Waals surface area contributed by atoms with Crippen LogP contribution in [0.5, 0.6) is 0 Å². The van der Waals surface area contributed by atoms with E-state index in [4.69, 9.17) is 4.74 Å². The lowest BCUT2D eigenvalue weighted by Crippen LogP contribution is -2.29. The summed E-state index contributed by atoms with van der Waals surface area (Å²) in [7, 11) is 0. The van der Waals surface area contributed by atoms with Gasteiger partial charge in [-0.05, 0) is 25.8 Å². The lowest BCUT2D eigenvalue weighted by Gasteiger charge is -2.16. The second kappa shape index (κ2) is 13.0. The van der Waals surface area contributed by atoms with Crippen molar-refractivity contribution in [2.24, 2.45) is 0 Å². The number of ether oxygens (including phenoxy) is 1. The van der Waals surface area contributed by atoms with Gasteiger partial charge in [-0.25, -0.2) is 0 Å². The molecule has 98 valence electrons. The first-order valence-corrected chi connectivity index (χ1v) is 7.17. The summed E-state index contributed by atoms with van der Waals surface area (Å²) in [6.45, 7) is 9.71. The van der Waals surface area contributed by atoms with Crippen LogP contribution in [-0.4, -0.2) is 25.8 Å². The summed E-state index contributed by atoms with van der Waals surface area (Å²) in [5.74, 6) is 0. The van der Waals surface area contributed by atoms with Gasteiger partial charge in [0.15, 0.2) is 0 Å². The minimum atomic E-state index is 0.415. The minimum absolute atomic E-state index is 0.415. The molecule has 1 unspecified atom stereocenters. The van der Waals surface area contributed by atoms with Gasteiger partial charge in [-0.2, -0.15) is 0 Å². The Labute approximate surface area is 102 Å². The second-order valence-electron chi connectivity index (χ2n) is 4.52. The van der Waals surface area contributed by atoms with Crippen molar-refractivity contribution in [3.63, 3.8) is 0 Å². The molecule has 16 heavy (non-hydrogen) atoms. The van der Waals surface area contributed by atoms with Gasteiger partial charge in [0.25, 0.3) is 0 Å². The summed E-state index contributed by atoms with van der Waals surface area (Å²) in [6.07, 6.45) is 9.34. The van der Waals surface area contributed by atoms with Gasteiger partial charge in [0.2, 0.25) is 0 Å². The van der Waals surface area contributed by atoms with Crippen LogP contribution in [-0.2, 0) is 4.74 Å². The number of hydrogen-bond donors (Lipinski definition) is 1. The van der Waals surface area contributed by atoms with Crippen LogP contribution in [0, 0.1) is 0 Å². The molecule has 2 heteroatoms. The summed E-state index contributed by atoms with van der Waals surface area (Å²) in [6, 6.07) is 0. The van der Waals surface area contributed by atoms with Gasteiger partial charge in [-0.1, -0.05) is 46.5 Å². The van der Waals surface area contributed by atoms with Crippen molar-refractivity contribution in [3.8, 4) is 0 Å². The first kappa shape index (κ1) is 15.9. The number of hydrogen-bond acceptors (Lipinski definition) is 2. The van der Waals surface area contributed by atoms with Crippen LogP contribution < -0.4 is 5.32 Å². The van der Waals surface area contributed by atoms with Gasteiger partial charge in [0.05, 0.1) is 6.10 Å². The van der Waals surface area contributed by atoms with Gasteiger partial charge < -0.3 is 10.1 Å². The third-order valence-corrected chi connectivity index (χ3v) is 2.86. The normalized spacial score (nSPS) is 12.9. The average molecular weight is 229 g/mol. The Kier molecular flexibility index (Phi) is 12.9. The zero-order valence-electron chi connectivity index (χ0n) is 11.6. The van der Waals surface area contributed by atoms with Crippen LogP contribution in [0.2, 0.25) is 0 Å². The molecule has 0 spiro atoms. The van der Waals surface area contributed by atoms with Crippen molar-refractivity contribution in [2.45, 2.75) is 71.8 Å². The van der Waals surface area contributed by atoms with Crippen LogP contribution in [0.3, 0.4) is 0 Å². The zero-order valence-corrected chi connectivity index (χ0v) is 11.6. The molecule has 1 N–H and O–H groups in total. The fourth-order valence-electron chi connectivity index (χ4n) is 1.72. The Morgan fingerprint density at radius 2 is 1.69 bits per heavy atom. The Morgan fingerprint density at radius 3 is 2.31 bits per heavy atom. The predicted molar refractivity (Wildman–Crippen MR) is 72.0 cm³/mol. The van der Waals surface area contributed by atoms with Crippen molar-refractivity contribution in [2.75, 3.05) is 19.7 Å². The van der Waals surface area contributed by atoms with Crippen LogP contribution >= 0.6 is 0 Å². The Hall–Kier alpha value is -0.0800. The number of unbranched alkanes of at least 4 members (excludes halogenated alkanes) is 4. The molecule has 0 radical (unpaired) electrons. The van der Waals surface area contributed by atoms with E-state index in [1.165, 1.54) is 38.5 Å². The van der Waals surface area contributed by atoms with E-state index in [9.17, 15) is 0 Å². The van der Waals surface area contributed by atoms with Gasteiger partial charge in [0.1, 0.15) is 0 Å². The third-order valence-electron chi connectivity index (χ3n) is 2.86. The fourth-order valence-corrected chi connectivity index (χ4v) is 1.72. The molecule has 1 atom stereocenters. The molecular formula is C14H31NO. The van der Waals surface area contributed by atoms with E-state index < -0.39 is 0 Å². The lowest BCUT2D eigenvalue weighted by atomic mass is 10.2. The molecule has 0 bridgehead atoms. The van der Waals surface area contributed by atoms with E-state index in [1.807, 2.05) is 0 Å². The number of nitrogens with one attached hydrogen (secondary N) is 1. The highest BCUT2D eigenvalue weighted by Crippen LogP contribution is 2.04. The summed E-state index contributed by atoms with van der Waals surface area (Å²) < 4.78 is 5.86. The van der Waals surface area contributed by atoms with Crippen molar-refractivity contribution in [1.29, 1.82) is 0 Å². The molecule has 0 aliphatic heterocycles. The molecule has 0 aromatic rings. The molecule has 0 aliphatic rings. The Bertz CT molecular complexity index is 128. The molecule has 0 amide bonds. The van der Waals surface area contributed by atoms with Crippen LogP contribution in [0.4, 0.5) is 0 Å². The quantitative estimate of drug-likeness (QED) is 0.515. The molecule has 0 fully saturated rings. The highest BCUT2D eigenvalue weighted by atomic mass is 16.5. The van der Waals surface area contributed by atoms with Crippen LogP contribution in [0.25, 0.3) is 0 Å². The van der Waals surface area contributed by atoms with Gasteiger partial charge >= 0.3 is 0 Å². The summed E-state index contributed by atoms with van der Waals surface area (Å²) in [5.41, 5.74) is 0. The second-order valence-corrected chi connectivity index (χ2v) is 4.52. The maximum absolute atomic E-state index is 5.86. The van der Waals surface area contributed by atoms with E-state index in [2.05, 4.69) is 26.1 Å². The molecular weight excluding hydrogens is 198 g/mol. The monoisotopic (exact) mass is 229 g/mol. The molecule has 0 saturated carbocycles. The molecule has 0 heterocycles. The van der Waals surface area contributed by atoms with E-state index in [0.29, 0.717) is 6.10 Å². The van der Waals surface area contributed by atoms with E-state index in [0.717, 1.165) is 26.1 Å². The molecule has 0 rings (SSSR count). The maximum atomic E-state index is 5.86. The van der Waals surface area contributed by atoms with E-state index >= 15 is 0 Å². The molecule has 0 aliphatic carbocycles. The van der Waals surface area contributed by atoms with E-state index in [-0.39, 0.29) is 0 Å². The van der Waals surface area contributed by atoms with Gasteiger partial charge in [0, 0.05) is 13.2 Å². The molecule has 0 aromatic heterocycles. The molecule has 0 saturated heterocycles. The summed E-state index contributed by atoms with van der Waals surface area (Å²) in [4.78, 5) is 0. The summed E-state index contributed by atoms with van der Waals surface area (Å²) >= 11 is 0. The fraction of sp³-hybridized carbons (Fsp3) is 1.00. The van der Waals surface area contributed by atoms with Crippen molar-refractivity contribution in [3.05, 3.63) is 0 Å². The maximum Gasteiger partial charge on any atom is 0.0696 e. The highest BCUT2D eigenvalue weighted by molar-refractivity contribution is 4.59. The van der Waals surface area contributed by atoms with Crippen molar-refractivity contribution < 1.29 is 4.74 Å². The Morgan fingerprint density at radius 1 is 0.938 bits per heavy atom. The first-order chi connectivity index (χ1) is 7.85. The van der Waals surface area contributed by atoms with Crippen LogP contribution in [0.15, 0.2) is 0 Å². The lowest BCUT2D eigenvalue weighted by molar-refractivity contribution is 0.0483.